The molecular formula is C16H21N3O3. The summed E-state index contributed by atoms with van der Waals surface area (Å²) in [5, 5.41) is 30.0. The van der Waals surface area contributed by atoms with E-state index in [9.17, 15) is 4.79 Å². The van der Waals surface area contributed by atoms with Gasteiger partial charge in [0.25, 0.3) is 5.91 Å². The maximum atomic E-state index is 12.2. The van der Waals surface area contributed by atoms with Crippen molar-refractivity contribution in [3.8, 4) is 6.07 Å². The van der Waals surface area contributed by atoms with E-state index >= 15 is 0 Å². The van der Waals surface area contributed by atoms with Crippen molar-refractivity contribution >= 4 is 11.6 Å². The molecule has 0 heterocycles. The van der Waals surface area contributed by atoms with Gasteiger partial charge in [0.2, 0.25) is 0 Å². The van der Waals surface area contributed by atoms with E-state index in [0.29, 0.717) is 0 Å². The van der Waals surface area contributed by atoms with Gasteiger partial charge < -0.3 is 20.4 Å². The summed E-state index contributed by atoms with van der Waals surface area (Å²) < 4.78 is 0. The van der Waals surface area contributed by atoms with Gasteiger partial charge in [0, 0.05) is 25.0 Å². The van der Waals surface area contributed by atoms with Crippen molar-refractivity contribution in [2.75, 3.05) is 31.6 Å². The number of rotatable bonds is 7. The molecule has 118 valence electrons. The number of amides is 1. The number of hydrogen-bond acceptors (Lipinski definition) is 5. The van der Waals surface area contributed by atoms with E-state index in [1.54, 1.807) is 0 Å². The van der Waals surface area contributed by atoms with Crippen LogP contribution in [-0.2, 0) is 4.79 Å². The van der Waals surface area contributed by atoms with E-state index in [4.69, 9.17) is 15.5 Å². The van der Waals surface area contributed by atoms with Crippen molar-refractivity contribution in [3.05, 3.63) is 41.1 Å². The van der Waals surface area contributed by atoms with Gasteiger partial charge in [-0.2, -0.15) is 5.26 Å². The van der Waals surface area contributed by atoms with Crippen molar-refractivity contribution in [3.63, 3.8) is 0 Å². The summed E-state index contributed by atoms with van der Waals surface area (Å²) in [4.78, 5) is 13.4. The third kappa shape index (κ3) is 4.58. The van der Waals surface area contributed by atoms with Crippen LogP contribution in [0, 0.1) is 25.2 Å². The van der Waals surface area contributed by atoms with Crippen LogP contribution in [0.25, 0.3) is 0 Å². The minimum atomic E-state index is -0.525. The summed E-state index contributed by atoms with van der Waals surface area (Å²) in [6.45, 7) is 3.61. The van der Waals surface area contributed by atoms with Crippen molar-refractivity contribution in [2.45, 2.75) is 13.8 Å². The van der Waals surface area contributed by atoms with Crippen LogP contribution in [0.4, 0.5) is 5.69 Å². The van der Waals surface area contributed by atoms with Gasteiger partial charge in [0.15, 0.2) is 0 Å². The van der Waals surface area contributed by atoms with Crippen LogP contribution >= 0.6 is 0 Å². The molecule has 1 aromatic carbocycles. The fourth-order valence-corrected chi connectivity index (χ4v) is 1.93. The molecule has 22 heavy (non-hydrogen) atoms. The predicted molar refractivity (Wildman–Crippen MR) is 84.0 cm³/mol. The van der Waals surface area contributed by atoms with Crippen LogP contribution in [-0.4, -0.2) is 47.3 Å². The van der Waals surface area contributed by atoms with Gasteiger partial charge in [0.1, 0.15) is 11.6 Å². The highest BCUT2D eigenvalue weighted by Crippen LogP contribution is 2.18. The average Bonchev–Trinajstić information content (AvgIpc) is 2.51. The number of nitriles is 1. The number of carbonyl (C=O) groups is 1. The quantitative estimate of drug-likeness (QED) is 0.514. The fourth-order valence-electron chi connectivity index (χ4n) is 1.93. The van der Waals surface area contributed by atoms with Crippen molar-refractivity contribution in [2.24, 2.45) is 0 Å². The first-order chi connectivity index (χ1) is 10.5. The first-order valence-corrected chi connectivity index (χ1v) is 6.99. The second kappa shape index (κ2) is 8.82. The van der Waals surface area contributed by atoms with Gasteiger partial charge in [-0.1, -0.05) is 12.1 Å². The minimum absolute atomic E-state index is 0.0713. The van der Waals surface area contributed by atoms with Crippen molar-refractivity contribution in [1.82, 2.24) is 4.90 Å². The Kier molecular flexibility index (Phi) is 7.09. The number of hydrogen-bond donors (Lipinski definition) is 3. The summed E-state index contributed by atoms with van der Waals surface area (Å²) in [5.41, 5.74) is 2.87. The second-order valence-corrected chi connectivity index (χ2v) is 4.80. The lowest BCUT2D eigenvalue weighted by Gasteiger charge is -2.20. The van der Waals surface area contributed by atoms with Crippen LogP contribution in [0.2, 0.25) is 0 Å². The Balaban J connectivity index is 2.92. The lowest BCUT2D eigenvalue weighted by atomic mass is 10.1. The smallest absolute Gasteiger partial charge is 0.266 e. The Morgan fingerprint density at radius 2 is 1.95 bits per heavy atom. The molecule has 1 aromatic rings. The van der Waals surface area contributed by atoms with Gasteiger partial charge in [-0.15, -0.1) is 0 Å². The number of carbonyl (C=O) groups excluding carboxylic acids is 1. The molecule has 0 aliphatic rings. The third-order valence-corrected chi connectivity index (χ3v) is 3.35. The van der Waals surface area contributed by atoms with Gasteiger partial charge >= 0.3 is 0 Å². The summed E-state index contributed by atoms with van der Waals surface area (Å²) in [7, 11) is 0. The van der Waals surface area contributed by atoms with Gasteiger partial charge in [-0.25, -0.2) is 0 Å². The van der Waals surface area contributed by atoms with Crippen molar-refractivity contribution < 1.29 is 15.0 Å². The van der Waals surface area contributed by atoms with E-state index in [1.807, 2.05) is 38.1 Å². The van der Waals surface area contributed by atoms with Crippen LogP contribution in [0.3, 0.4) is 0 Å². The molecule has 6 nitrogen and oxygen atoms in total. The fraction of sp³-hybridized carbons (Fsp3) is 0.375. The molecule has 0 aliphatic heterocycles. The molecule has 1 amide bonds. The molecule has 0 unspecified atom stereocenters. The van der Waals surface area contributed by atoms with Crippen LogP contribution < -0.4 is 5.32 Å². The van der Waals surface area contributed by atoms with E-state index in [-0.39, 0.29) is 31.9 Å². The van der Waals surface area contributed by atoms with Crippen molar-refractivity contribution in [1.29, 1.82) is 5.26 Å². The highest BCUT2D eigenvalue weighted by atomic mass is 16.3. The minimum Gasteiger partial charge on any atom is -0.395 e. The number of nitrogens with zero attached hydrogens (tertiary/aromatic N) is 2. The molecule has 3 N–H and O–H groups in total. The van der Waals surface area contributed by atoms with Crippen LogP contribution in [0.15, 0.2) is 30.0 Å². The molecule has 6 heteroatoms. The summed E-state index contributed by atoms with van der Waals surface area (Å²) in [6, 6.07) is 7.57. The zero-order valence-electron chi connectivity index (χ0n) is 12.8. The van der Waals surface area contributed by atoms with Gasteiger partial charge in [-0.3, -0.25) is 4.79 Å². The Bertz CT molecular complexity index is 585. The highest BCUT2D eigenvalue weighted by Gasteiger charge is 2.17. The molecule has 0 fully saturated rings. The lowest BCUT2D eigenvalue weighted by Crippen LogP contribution is -2.36. The number of aliphatic hydroxyl groups is 2. The first kappa shape index (κ1) is 17.7. The summed E-state index contributed by atoms with van der Waals surface area (Å²) in [5.74, 6) is -0.525. The predicted octanol–water partition coefficient (Wildman–Crippen LogP) is 0.936. The zero-order valence-corrected chi connectivity index (χ0v) is 12.8. The number of aryl methyl sites for hydroxylation is 1. The first-order valence-electron chi connectivity index (χ1n) is 6.99. The molecule has 0 saturated heterocycles. The highest BCUT2D eigenvalue weighted by molar-refractivity contribution is 5.97. The molecule has 0 radical (unpaired) electrons. The maximum absolute atomic E-state index is 12.2. The average molecular weight is 303 g/mol. The normalized spacial score (nSPS) is 11.0. The molecule has 0 aliphatic carbocycles. The number of benzene rings is 1. The molecule has 0 saturated carbocycles. The maximum Gasteiger partial charge on any atom is 0.266 e. The molecule has 0 aromatic heterocycles. The second-order valence-electron chi connectivity index (χ2n) is 4.80. The molecule has 0 bridgehead atoms. The summed E-state index contributed by atoms with van der Waals surface area (Å²) >= 11 is 0. The van der Waals surface area contributed by atoms with E-state index < -0.39 is 5.91 Å². The molecule has 0 atom stereocenters. The Morgan fingerprint density at radius 1 is 1.32 bits per heavy atom. The van der Waals surface area contributed by atoms with Gasteiger partial charge in [0.05, 0.1) is 13.2 Å². The van der Waals surface area contributed by atoms with E-state index in [2.05, 4.69) is 5.32 Å². The molecule has 1 rings (SSSR count). The van der Waals surface area contributed by atoms with E-state index in [0.717, 1.165) is 16.8 Å². The Morgan fingerprint density at radius 3 is 2.50 bits per heavy atom. The SMILES string of the molecule is Cc1cccc(N/C=C(/C#N)C(=O)N(CCO)CCO)c1C. The molecular weight excluding hydrogens is 282 g/mol. The number of anilines is 1. The number of nitrogens with one attached hydrogen (secondary N) is 1. The zero-order chi connectivity index (χ0) is 16.5. The number of aliphatic hydroxyl groups excluding tert-OH is 2. The van der Waals surface area contributed by atoms with Gasteiger partial charge in [-0.05, 0) is 31.0 Å². The standard InChI is InChI=1S/C16H21N3O3/c1-12-4-3-5-15(13(12)2)18-11-14(10-17)16(22)19(6-8-20)7-9-21/h3-5,11,18,20-21H,6-9H2,1-2H3/b14-11-. The third-order valence-electron chi connectivity index (χ3n) is 3.35. The summed E-state index contributed by atoms with van der Waals surface area (Å²) in [6.07, 6.45) is 1.35. The topological polar surface area (TPSA) is 96.6 Å². The largest absolute Gasteiger partial charge is 0.395 e. The van der Waals surface area contributed by atoms with Crippen LogP contribution in [0.1, 0.15) is 11.1 Å². The van der Waals surface area contributed by atoms with E-state index in [1.165, 1.54) is 11.1 Å². The molecule has 0 spiro atoms. The monoisotopic (exact) mass is 303 g/mol. The Labute approximate surface area is 130 Å². The lowest BCUT2D eigenvalue weighted by molar-refractivity contribution is -0.127. The van der Waals surface area contributed by atoms with Crippen LogP contribution in [0.5, 0.6) is 0 Å². The Hall–Kier alpha value is -2.36.